The fraction of sp³-hybridized carbons (Fsp3) is 0.457. The molecule has 10 nitrogen and oxygen atoms in total. The molecule has 4 heterocycles. The Balaban J connectivity index is 0.955. The molecule has 4 aliphatic rings. The summed E-state index contributed by atoms with van der Waals surface area (Å²) >= 11 is 0. The van der Waals surface area contributed by atoms with Crippen LogP contribution in [0.5, 0.6) is 0 Å². The monoisotopic (exact) mass is 610 g/mol. The Hall–Kier alpha value is -4.15. The molecular weight excluding hydrogens is 568 g/mol. The quantitative estimate of drug-likeness (QED) is 0.417. The number of urea groups is 1. The van der Waals surface area contributed by atoms with Gasteiger partial charge in [0.1, 0.15) is 5.69 Å². The average Bonchev–Trinajstić information content (AvgIpc) is 3.66. The second kappa shape index (κ2) is 11.7. The molecule has 0 unspecified atom stereocenters. The molecule has 4 amide bonds. The van der Waals surface area contributed by atoms with Crippen LogP contribution in [0, 0.1) is 5.41 Å². The molecule has 236 valence electrons. The Morgan fingerprint density at radius 3 is 2.22 bits per heavy atom. The highest BCUT2D eigenvalue weighted by atomic mass is 16.5. The van der Waals surface area contributed by atoms with Crippen molar-refractivity contribution < 1.29 is 19.1 Å². The van der Waals surface area contributed by atoms with Crippen LogP contribution in [0.4, 0.5) is 10.5 Å². The maximum Gasteiger partial charge on any atom is 0.321 e. The predicted octanol–water partition coefficient (Wildman–Crippen LogP) is 4.27. The van der Waals surface area contributed by atoms with Crippen LogP contribution in [-0.2, 0) is 29.9 Å². The number of anilines is 1. The van der Waals surface area contributed by atoms with Gasteiger partial charge in [0.15, 0.2) is 0 Å². The maximum atomic E-state index is 13.4. The van der Waals surface area contributed by atoms with Crippen LogP contribution in [0.3, 0.4) is 0 Å². The van der Waals surface area contributed by atoms with E-state index in [9.17, 15) is 14.4 Å². The van der Waals surface area contributed by atoms with Crippen LogP contribution in [-0.4, -0.2) is 84.1 Å². The molecule has 3 aliphatic heterocycles. The minimum atomic E-state index is -0.0781. The van der Waals surface area contributed by atoms with E-state index in [0.29, 0.717) is 17.8 Å². The Morgan fingerprint density at radius 2 is 1.60 bits per heavy atom. The number of ether oxygens (including phenoxy) is 1. The summed E-state index contributed by atoms with van der Waals surface area (Å²) in [5, 5.41) is 6.11. The number of fused-ring (bicyclic) bond motifs is 2. The Kier molecular flexibility index (Phi) is 7.65. The summed E-state index contributed by atoms with van der Waals surface area (Å²) in [5.74, 6) is -0.0688. The lowest BCUT2D eigenvalue weighted by atomic mass is 9.71. The lowest BCUT2D eigenvalue weighted by molar-refractivity contribution is -0.103. The van der Waals surface area contributed by atoms with Crippen molar-refractivity contribution in [1.29, 1.82) is 0 Å². The molecule has 10 heteroatoms. The second-order valence-electron chi connectivity index (χ2n) is 13.4. The lowest BCUT2D eigenvalue weighted by Crippen LogP contribution is -2.56. The third kappa shape index (κ3) is 5.50. The molecule has 2 spiro atoms. The van der Waals surface area contributed by atoms with E-state index in [1.165, 1.54) is 17.7 Å². The van der Waals surface area contributed by atoms with Crippen molar-refractivity contribution in [1.82, 2.24) is 24.6 Å². The Labute approximate surface area is 264 Å². The van der Waals surface area contributed by atoms with Gasteiger partial charge in [-0.15, -0.1) is 0 Å². The summed E-state index contributed by atoms with van der Waals surface area (Å²) < 4.78 is 7.57. The zero-order chi connectivity index (χ0) is 31.2. The molecule has 2 aromatic carbocycles. The molecule has 0 bridgehead atoms. The summed E-state index contributed by atoms with van der Waals surface area (Å²) in [4.78, 5) is 44.4. The SMILES string of the molecule is CN(C)C(=O)c1ccc(CN2CCn3c(C(=O)NCc4ccc(NC(=O)N5CCC6(COC6)C5)cc4)ccc3C23CCC3)cc1. The fourth-order valence-electron chi connectivity index (χ4n) is 7.37. The number of carbonyl (C=O) groups is 3. The first-order valence-electron chi connectivity index (χ1n) is 16.0. The maximum absolute atomic E-state index is 13.4. The highest BCUT2D eigenvalue weighted by Crippen LogP contribution is 2.49. The van der Waals surface area contributed by atoms with Crippen LogP contribution < -0.4 is 10.6 Å². The van der Waals surface area contributed by atoms with Crippen molar-refractivity contribution >= 4 is 23.5 Å². The van der Waals surface area contributed by atoms with E-state index < -0.39 is 0 Å². The smallest absolute Gasteiger partial charge is 0.321 e. The van der Waals surface area contributed by atoms with Crippen LogP contribution in [0.15, 0.2) is 60.7 Å². The molecular formula is C35H42N6O4. The van der Waals surface area contributed by atoms with Crippen molar-refractivity contribution in [2.45, 2.75) is 50.9 Å². The van der Waals surface area contributed by atoms with Gasteiger partial charge in [0.05, 0.1) is 18.8 Å². The molecule has 3 aromatic rings. The summed E-state index contributed by atoms with van der Waals surface area (Å²) in [7, 11) is 3.54. The minimum Gasteiger partial charge on any atom is -0.380 e. The number of benzene rings is 2. The van der Waals surface area contributed by atoms with Crippen LogP contribution in [0.25, 0.3) is 0 Å². The van der Waals surface area contributed by atoms with Crippen molar-refractivity contribution in [3.8, 4) is 0 Å². The van der Waals surface area contributed by atoms with Crippen molar-refractivity contribution in [2.24, 2.45) is 5.41 Å². The third-order valence-corrected chi connectivity index (χ3v) is 10.3. The van der Waals surface area contributed by atoms with Gasteiger partial charge in [-0.3, -0.25) is 14.5 Å². The van der Waals surface area contributed by atoms with Crippen molar-refractivity contribution in [3.05, 3.63) is 88.7 Å². The number of nitrogens with one attached hydrogen (secondary N) is 2. The molecule has 7 rings (SSSR count). The number of amides is 4. The van der Waals surface area contributed by atoms with Crippen molar-refractivity contribution in [2.75, 3.05) is 52.3 Å². The van der Waals surface area contributed by atoms with E-state index in [2.05, 4.69) is 38.3 Å². The van der Waals surface area contributed by atoms with Gasteiger partial charge < -0.3 is 29.7 Å². The molecule has 3 fully saturated rings. The van der Waals surface area contributed by atoms with E-state index in [4.69, 9.17) is 4.74 Å². The molecule has 0 radical (unpaired) electrons. The van der Waals surface area contributed by atoms with Gasteiger partial charge in [-0.25, -0.2) is 4.79 Å². The minimum absolute atomic E-state index is 0.00927. The fourth-order valence-corrected chi connectivity index (χ4v) is 7.37. The van der Waals surface area contributed by atoms with Crippen LogP contribution in [0.2, 0.25) is 0 Å². The van der Waals surface area contributed by atoms with Gasteiger partial charge in [-0.2, -0.15) is 0 Å². The molecule has 45 heavy (non-hydrogen) atoms. The van der Waals surface area contributed by atoms with Gasteiger partial charge in [0.25, 0.3) is 11.8 Å². The number of hydrogen-bond acceptors (Lipinski definition) is 5. The van der Waals surface area contributed by atoms with Gasteiger partial charge in [-0.05, 0) is 73.2 Å². The molecule has 1 aliphatic carbocycles. The predicted molar refractivity (Wildman–Crippen MR) is 171 cm³/mol. The largest absolute Gasteiger partial charge is 0.380 e. The van der Waals surface area contributed by atoms with E-state index >= 15 is 0 Å². The third-order valence-electron chi connectivity index (χ3n) is 10.3. The first kappa shape index (κ1) is 29.6. The standard InChI is InChI=1S/C35H42N6O4/c1-38(2)32(43)27-8-4-26(5-9-27)21-40-18-19-41-29(12-13-30(41)35(40)14-3-15-35)31(42)36-20-25-6-10-28(11-7-25)37-33(44)39-17-16-34(22-39)23-45-24-34/h4-13H,3,14-24H2,1-2H3,(H,36,42)(H,37,44). The number of aromatic nitrogens is 1. The van der Waals surface area contributed by atoms with Gasteiger partial charge in [0, 0.05) is 75.7 Å². The van der Waals surface area contributed by atoms with E-state index in [1.807, 2.05) is 47.4 Å². The second-order valence-corrected chi connectivity index (χ2v) is 13.4. The Morgan fingerprint density at radius 1 is 0.867 bits per heavy atom. The van der Waals surface area contributed by atoms with Crippen LogP contribution in [0.1, 0.15) is 63.4 Å². The number of nitrogens with zero attached hydrogens (tertiary/aromatic N) is 4. The number of likely N-dealkylation sites (tertiary alicyclic amines) is 1. The van der Waals surface area contributed by atoms with E-state index in [-0.39, 0.29) is 28.8 Å². The van der Waals surface area contributed by atoms with Crippen LogP contribution >= 0.6 is 0 Å². The van der Waals surface area contributed by atoms with Gasteiger partial charge >= 0.3 is 6.03 Å². The zero-order valence-electron chi connectivity index (χ0n) is 26.2. The Bertz CT molecular complexity index is 1590. The number of rotatable bonds is 7. The van der Waals surface area contributed by atoms with E-state index in [1.54, 1.807) is 19.0 Å². The summed E-state index contributed by atoms with van der Waals surface area (Å²) in [5.41, 5.74) is 5.63. The molecule has 1 aromatic heterocycles. The van der Waals surface area contributed by atoms with Gasteiger partial charge in [0.2, 0.25) is 0 Å². The molecule has 2 saturated heterocycles. The number of hydrogen-bond donors (Lipinski definition) is 2. The summed E-state index contributed by atoms with van der Waals surface area (Å²) in [6.07, 6.45) is 4.32. The number of carbonyl (C=O) groups excluding carboxylic acids is 3. The highest BCUT2D eigenvalue weighted by molar-refractivity contribution is 5.94. The topological polar surface area (TPSA) is 99.2 Å². The normalized spacial score (nSPS) is 19.5. The first-order valence-corrected chi connectivity index (χ1v) is 16.0. The summed E-state index contributed by atoms with van der Waals surface area (Å²) in [6.45, 7) is 5.85. The lowest BCUT2D eigenvalue weighted by Gasteiger charge is -2.53. The summed E-state index contributed by atoms with van der Waals surface area (Å²) in [6, 6.07) is 19.6. The molecule has 2 N–H and O–H groups in total. The molecule has 1 saturated carbocycles. The van der Waals surface area contributed by atoms with E-state index in [0.717, 1.165) is 76.5 Å². The van der Waals surface area contributed by atoms with Crippen molar-refractivity contribution in [3.63, 3.8) is 0 Å². The zero-order valence-corrected chi connectivity index (χ0v) is 26.2. The highest BCUT2D eigenvalue weighted by Gasteiger charge is 2.48. The van der Waals surface area contributed by atoms with Gasteiger partial charge in [-0.1, -0.05) is 24.3 Å². The molecule has 0 atom stereocenters. The average molecular weight is 611 g/mol. The first-order chi connectivity index (χ1) is 21.8.